The average molecular weight is 277 g/mol. The number of rotatable bonds is 3. The predicted octanol–water partition coefficient (Wildman–Crippen LogP) is 3.61. The van der Waals surface area contributed by atoms with Gasteiger partial charge in [0.25, 0.3) is 0 Å². The molecule has 0 amide bonds. The molecule has 100 valence electrons. The zero-order valence-electron chi connectivity index (χ0n) is 11.6. The molecule has 4 heteroatoms. The molecule has 0 fully saturated rings. The van der Waals surface area contributed by atoms with Crippen molar-refractivity contribution in [2.24, 2.45) is 0 Å². The van der Waals surface area contributed by atoms with Gasteiger partial charge in [0.1, 0.15) is 0 Å². The van der Waals surface area contributed by atoms with Gasteiger partial charge in [0, 0.05) is 22.6 Å². The summed E-state index contributed by atoms with van der Waals surface area (Å²) in [7, 11) is 0. The van der Waals surface area contributed by atoms with E-state index in [1.54, 1.807) is 6.92 Å². The Hall–Kier alpha value is -1.61. The normalized spacial score (nSPS) is 12.5. The van der Waals surface area contributed by atoms with Gasteiger partial charge >= 0.3 is 0 Å². The van der Waals surface area contributed by atoms with E-state index < -0.39 is 5.38 Å². The summed E-state index contributed by atoms with van der Waals surface area (Å²) >= 11 is 5.89. The van der Waals surface area contributed by atoms with Crippen LogP contribution in [-0.4, -0.2) is 20.7 Å². The van der Waals surface area contributed by atoms with E-state index in [4.69, 9.17) is 11.6 Å². The van der Waals surface area contributed by atoms with Crippen LogP contribution in [0.25, 0.3) is 5.69 Å². The fourth-order valence-electron chi connectivity index (χ4n) is 2.22. The highest BCUT2D eigenvalue weighted by Gasteiger charge is 2.19. The summed E-state index contributed by atoms with van der Waals surface area (Å²) in [6.07, 6.45) is 1.81. The Morgan fingerprint density at radius 1 is 1.32 bits per heavy atom. The van der Waals surface area contributed by atoms with Crippen molar-refractivity contribution in [1.82, 2.24) is 9.55 Å². The third-order valence-electron chi connectivity index (χ3n) is 3.21. The second-order valence-electron chi connectivity index (χ2n) is 4.76. The third-order valence-corrected chi connectivity index (χ3v) is 3.41. The largest absolute Gasteiger partial charge is 0.316 e. The lowest BCUT2D eigenvalue weighted by Gasteiger charge is -2.10. The maximum absolute atomic E-state index is 12.1. The molecule has 0 N–H and O–H groups in total. The van der Waals surface area contributed by atoms with Gasteiger partial charge in [-0.2, -0.15) is 0 Å². The van der Waals surface area contributed by atoms with E-state index in [1.807, 2.05) is 49.7 Å². The van der Waals surface area contributed by atoms with Crippen molar-refractivity contribution in [3.63, 3.8) is 0 Å². The average Bonchev–Trinajstić information content (AvgIpc) is 2.65. The van der Waals surface area contributed by atoms with Crippen molar-refractivity contribution in [3.05, 3.63) is 47.0 Å². The minimum absolute atomic E-state index is 0.0407. The lowest BCUT2D eigenvalue weighted by molar-refractivity contribution is 0.0991. The summed E-state index contributed by atoms with van der Waals surface area (Å²) in [6.45, 7) is 7.55. The summed E-state index contributed by atoms with van der Waals surface area (Å²) in [5.74, 6) is -0.0407. The topological polar surface area (TPSA) is 34.9 Å². The fraction of sp³-hybridized carbons (Fsp3) is 0.333. The molecule has 1 atom stereocenters. The zero-order valence-corrected chi connectivity index (χ0v) is 12.3. The molecule has 0 aliphatic carbocycles. The summed E-state index contributed by atoms with van der Waals surface area (Å²) in [5.41, 5.74) is 4.52. The lowest BCUT2D eigenvalue weighted by atomic mass is 10.1. The quantitative estimate of drug-likeness (QED) is 0.634. The van der Waals surface area contributed by atoms with Gasteiger partial charge in [0.15, 0.2) is 5.78 Å². The lowest BCUT2D eigenvalue weighted by Crippen LogP contribution is -2.11. The Morgan fingerprint density at radius 3 is 2.53 bits per heavy atom. The molecule has 0 aliphatic rings. The van der Waals surface area contributed by atoms with Gasteiger partial charge in [-0.25, -0.2) is 0 Å². The molecule has 19 heavy (non-hydrogen) atoms. The molecule has 2 aromatic heterocycles. The Bertz CT molecular complexity index is 612. The van der Waals surface area contributed by atoms with E-state index in [0.717, 1.165) is 22.8 Å². The second kappa shape index (κ2) is 5.17. The Balaban J connectivity index is 2.54. The van der Waals surface area contributed by atoms with Crippen LogP contribution < -0.4 is 0 Å². The number of alkyl halides is 1. The number of hydrogen-bond acceptors (Lipinski definition) is 2. The van der Waals surface area contributed by atoms with Gasteiger partial charge < -0.3 is 4.57 Å². The minimum Gasteiger partial charge on any atom is -0.316 e. The molecule has 2 heterocycles. The first-order valence-electron chi connectivity index (χ1n) is 6.22. The van der Waals surface area contributed by atoms with Crippen molar-refractivity contribution in [1.29, 1.82) is 0 Å². The van der Waals surface area contributed by atoms with E-state index in [9.17, 15) is 4.79 Å². The molecular formula is C15H17ClN2O. The SMILES string of the molecule is Cc1ccc(-n2c(C)cc(C(=O)C(C)Cl)c2C)cn1. The van der Waals surface area contributed by atoms with Crippen LogP contribution in [0.3, 0.4) is 0 Å². The highest BCUT2D eigenvalue weighted by atomic mass is 35.5. The Morgan fingerprint density at radius 2 is 2.00 bits per heavy atom. The van der Waals surface area contributed by atoms with Gasteiger partial charge in [-0.3, -0.25) is 9.78 Å². The minimum atomic E-state index is -0.509. The highest BCUT2D eigenvalue weighted by molar-refractivity contribution is 6.33. The molecule has 0 aromatic carbocycles. The van der Waals surface area contributed by atoms with Gasteiger partial charge in [-0.15, -0.1) is 11.6 Å². The molecule has 2 aromatic rings. The monoisotopic (exact) mass is 276 g/mol. The molecule has 0 saturated heterocycles. The molecule has 0 saturated carbocycles. The summed E-state index contributed by atoms with van der Waals surface area (Å²) in [6, 6.07) is 5.84. The van der Waals surface area contributed by atoms with Crippen LogP contribution >= 0.6 is 11.6 Å². The molecular weight excluding hydrogens is 260 g/mol. The van der Waals surface area contributed by atoms with Crippen molar-refractivity contribution in [2.45, 2.75) is 33.1 Å². The van der Waals surface area contributed by atoms with Crippen LogP contribution in [0.2, 0.25) is 0 Å². The van der Waals surface area contributed by atoms with Gasteiger partial charge in [-0.05, 0) is 45.9 Å². The van der Waals surface area contributed by atoms with Crippen LogP contribution in [0, 0.1) is 20.8 Å². The van der Waals surface area contributed by atoms with Gasteiger partial charge in [-0.1, -0.05) is 0 Å². The first kappa shape index (κ1) is 13.8. The van der Waals surface area contributed by atoms with Crippen molar-refractivity contribution >= 4 is 17.4 Å². The van der Waals surface area contributed by atoms with Crippen molar-refractivity contribution < 1.29 is 4.79 Å². The number of aromatic nitrogens is 2. The number of carbonyl (C=O) groups excluding carboxylic acids is 1. The molecule has 2 rings (SSSR count). The van der Waals surface area contributed by atoms with Crippen molar-refractivity contribution in [3.8, 4) is 5.69 Å². The number of Topliss-reactive ketones (excluding diaryl/α,β-unsaturated/α-hetero) is 1. The molecule has 0 bridgehead atoms. The number of halogens is 1. The van der Waals surface area contributed by atoms with Gasteiger partial charge in [0.2, 0.25) is 0 Å². The number of nitrogens with zero attached hydrogens (tertiary/aromatic N) is 2. The molecule has 0 spiro atoms. The molecule has 3 nitrogen and oxygen atoms in total. The predicted molar refractivity (Wildman–Crippen MR) is 77.4 cm³/mol. The first-order chi connectivity index (χ1) is 8.91. The maximum Gasteiger partial charge on any atom is 0.182 e. The van der Waals surface area contributed by atoms with E-state index in [-0.39, 0.29) is 5.78 Å². The standard InChI is InChI=1S/C15H17ClN2O/c1-9-5-6-13(8-17-9)18-10(2)7-14(12(18)4)15(19)11(3)16/h5-8,11H,1-4H3. The Labute approximate surface area is 118 Å². The summed E-state index contributed by atoms with van der Waals surface area (Å²) in [4.78, 5) is 16.4. The number of pyridine rings is 1. The van der Waals surface area contributed by atoms with Crippen LogP contribution in [0.5, 0.6) is 0 Å². The molecule has 1 unspecified atom stereocenters. The number of carbonyl (C=O) groups is 1. The number of hydrogen-bond donors (Lipinski definition) is 0. The van der Waals surface area contributed by atoms with E-state index >= 15 is 0 Å². The Kier molecular flexibility index (Phi) is 3.76. The van der Waals surface area contributed by atoms with E-state index in [0.29, 0.717) is 5.56 Å². The van der Waals surface area contributed by atoms with Crippen LogP contribution in [0.1, 0.15) is 34.4 Å². The smallest absolute Gasteiger partial charge is 0.182 e. The van der Waals surface area contributed by atoms with E-state index in [1.165, 1.54) is 0 Å². The van der Waals surface area contributed by atoms with E-state index in [2.05, 4.69) is 4.98 Å². The second-order valence-corrected chi connectivity index (χ2v) is 5.41. The zero-order chi connectivity index (χ0) is 14.2. The summed E-state index contributed by atoms with van der Waals surface area (Å²) < 4.78 is 2.03. The molecule has 0 aliphatic heterocycles. The fourth-order valence-corrected chi connectivity index (χ4v) is 2.33. The highest BCUT2D eigenvalue weighted by Crippen LogP contribution is 2.22. The van der Waals surface area contributed by atoms with Crippen LogP contribution in [0.4, 0.5) is 0 Å². The van der Waals surface area contributed by atoms with Crippen molar-refractivity contribution in [2.75, 3.05) is 0 Å². The first-order valence-corrected chi connectivity index (χ1v) is 6.65. The number of ketones is 1. The molecule has 0 radical (unpaired) electrons. The van der Waals surface area contributed by atoms with Crippen LogP contribution in [0.15, 0.2) is 24.4 Å². The third kappa shape index (κ3) is 2.56. The van der Waals surface area contributed by atoms with Gasteiger partial charge in [0.05, 0.1) is 17.3 Å². The maximum atomic E-state index is 12.1. The summed E-state index contributed by atoms with van der Waals surface area (Å²) in [5, 5.41) is -0.509. The van der Waals surface area contributed by atoms with Crippen LogP contribution in [-0.2, 0) is 0 Å². The number of aryl methyl sites for hydroxylation is 2.